The molecule has 0 radical (unpaired) electrons. The van der Waals surface area contributed by atoms with Crippen molar-refractivity contribution in [1.29, 1.82) is 5.41 Å². The van der Waals surface area contributed by atoms with Crippen LogP contribution in [0, 0.1) is 18.2 Å². The monoisotopic (exact) mass is 417 g/mol. The number of hydrogen-bond acceptors (Lipinski definition) is 4. The number of pyridine rings is 1. The maximum atomic E-state index is 13.8. The fourth-order valence-corrected chi connectivity index (χ4v) is 2.97. The van der Waals surface area contributed by atoms with E-state index in [0.29, 0.717) is 17.2 Å². The van der Waals surface area contributed by atoms with E-state index >= 15 is 0 Å². The first-order valence-electron chi connectivity index (χ1n) is 9.69. The zero-order chi connectivity index (χ0) is 22.0. The number of rotatable bonds is 5. The van der Waals surface area contributed by atoms with Crippen molar-refractivity contribution < 1.29 is 14.0 Å². The summed E-state index contributed by atoms with van der Waals surface area (Å²) in [6, 6.07) is 13.6. The maximum Gasteiger partial charge on any atom is 0.259 e. The molecule has 0 unspecified atom stereocenters. The molecule has 1 aromatic heterocycles. The van der Waals surface area contributed by atoms with Gasteiger partial charge in [-0.05, 0) is 48.9 Å². The lowest BCUT2D eigenvalue weighted by Crippen LogP contribution is -2.19. The molecule has 0 aliphatic carbocycles. The normalized spacial score (nSPS) is 12.3. The van der Waals surface area contributed by atoms with Crippen LogP contribution >= 0.6 is 0 Å². The molecule has 0 atom stereocenters. The minimum Gasteiger partial charge on any atom is -0.353 e. The number of amides is 2. The number of amidine groups is 1. The van der Waals surface area contributed by atoms with Crippen LogP contribution in [-0.4, -0.2) is 40.6 Å². The Bertz CT molecular complexity index is 1160. The Hall–Kier alpha value is -4.07. The smallest absolute Gasteiger partial charge is 0.259 e. The summed E-state index contributed by atoms with van der Waals surface area (Å²) >= 11 is 0. The molecule has 1 aliphatic heterocycles. The van der Waals surface area contributed by atoms with Gasteiger partial charge in [0.15, 0.2) is 0 Å². The van der Waals surface area contributed by atoms with Crippen LogP contribution in [-0.2, 0) is 0 Å². The van der Waals surface area contributed by atoms with Crippen molar-refractivity contribution in [2.45, 2.75) is 6.92 Å². The summed E-state index contributed by atoms with van der Waals surface area (Å²) in [7, 11) is 0. The number of aromatic nitrogens is 1. The molecule has 2 amide bonds. The Kier molecular flexibility index (Phi) is 5.44. The van der Waals surface area contributed by atoms with E-state index < -0.39 is 17.6 Å². The van der Waals surface area contributed by atoms with Crippen molar-refractivity contribution in [3.05, 3.63) is 88.9 Å². The van der Waals surface area contributed by atoms with Crippen LogP contribution in [0.4, 0.5) is 15.9 Å². The van der Waals surface area contributed by atoms with Gasteiger partial charge in [0, 0.05) is 30.4 Å². The molecular weight excluding hydrogens is 397 g/mol. The summed E-state index contributed by atoms with van der Waals surface area (Å²) in [5, 5.41) is 13.3. The van der Waals surface area contributed by atoms with Gasteiger partial charge in [-0.15, -0.1) is 0 Å². The van der Waals surface area contributed by atoms with E-state index in [1.165, 1.54) is 12.1 Å². The van der Waals surface area contributed by atoms with E-state index in [9.17, 15) is 14.0 Å². The summed E-state index contributed by atoms with van der Waals surface area (Å²) in [6.07, 6.45) is 1.60. The number of benzene rings is 2. The molecule has 2 aromatic carbocycles. The van der Waals surface area contributed by atoms with Gasteiger partial charge in [-0.3, -0.25) is 15.0 Å². The summed E-state index contributed by atoms with van der Waals surface area (Å²) in [4.78, 5) is 31.4. The molecule has 7 nitrogen and oxygen atoms in total. The summed E-state index contributed by atoms with van der Waals surface area (Å²) < 4.78 is 13.8. The number of hydrogen-bond donors (Lipinski definition) is 3. The number of carbonyl (C=O) groups excluding carboxylic acids is 2. The van der Waals surface area contributed by atoms with Crippen LogP contribution in [0.5, 0.6) is 0 Å². The molecule has 0 saturated carbocycles. The van der Waals surface area contributed by atoms with Crippen LogP contribution in [0.15, 0.2) is 60.8 Å². The SMILES string of the molecule is Cc1ccc(NC(=O)c2cc(F)ccc2NC(=O)c2ccc(C(=N)N3CC3)cc2)nc1. The van der Waals surface area contributed by atoms with Crippen molar-refractivity contribution in [1.82, 2.24) is 9.88 Å². The fraction of sp³-hybridized carbons (Fsp3) is 0.130. The van der Waals surface area contributed by atoms with Crippen molar-refractivity contribution in [2.24, 2.45) is 0 Å². The highest BCUT2D eigenvalue weighted by Gasteiger charge is 2.22. The molecule has 31 heavy (non-hydrogen) atoms. The lowest BCUT2D eigenvalue weighted by Gasteiger charge is -2.12. The van der Waals surface area contributed by atoms with Gasteiger partial charge in [-0.25, -0.2) is 9.37 Å². The number of nitrogens with zero attached hydrogens (tertiary/aromatic N) is 2. The molecule has 0 spiro atoms. The van der Waals surface area contributed by atoms with Crippen molar-refractivity contribution in [2.75, 3.05) is 23.7 Å². The molecular formula is C23H20FN5O2. The molecule has 3 aromatic rings. The van der Waals surface area contributed by atoms with Crippen molar-refractivity contribution in [3.8, 4) is 0 Å². The van der Waals surface area contributed by atoms with E-state index in [1.807, 2.05) is 11.8 Å². The van der Waals surface area contributed by atoms with Gasteiger partial charge >= 0.3 is 0 Å². The second-order valence-corrected chi connectivity index (χ2v) is 7.23. The Balaban J connectivity index is 1.51. The largest absolute Gasteiger partial charge is 0.353 e. The first kappa shape index (κ1) is 20.2. The minimum absolute atomic E-state index is 0.0179. The Morgan fingerprint density at radius 3 is 2.32 bits per heavy atom. The number of carbonyl (C=O) groups is 2. The van der Waals surface area contributed by atoms with Crippen LogP contribution in [0.25, 0.3) is 0 Å². The predicted molar refractivity (Wildman–Crippen MR) is 116 cm³/mol. The second kappa shape index (κ2) is 8.35. The highest BCUT2D eigenvalue weighted by Crippen LogP contribution is 2.20. The number of aryl methyl sites for hydroxylation is 1. The summed E-state index contributed by atoms with van der Waals surface area (Å²) in [6.45, 7) is 3.61. The Morgan fingerprint density at radius 2 is 1.68 bits per heavy atom. The lowest BCUT2D eigenvalue weighted by molar-refractivity contribution is 0.102. The first-order valence-corrected chi connectivity index (χ1v) is 9.69. The fourth-order valence-electron chi connectivity index (χ4n) is 2.97. The van der Waals surface area contributed by atoms with Gasteiger partial charge in [0.2, 0.25) is 0 Å². The average Bonchev–Trinajstić information content (AvgIpc) is 3.61. The first-order chi connectivity index (χ1) is 14.9. The molecule has 4 rings (SSSR count). The molecule has 156 valence electrons. The predicted octanol–water partition coefficient (Wildman–Crippen LogP) is 3.67. The topological polar surface area (TPSA) is 98.0 Å². The maximum absolute atomic E-state index is 13.8. The molecule has 1 aliphatic rings. The van der Waals surface area contributed by atoms with E-state index in [2.05, 4.69) is 15.6 Å². The molecule has 2 heterocycles. The third-order valence-corrected chi connectivity index (χ3v) is 4.81. The van der Waals surface area contributed by atoms with Gasteiger partial charge in [-0.1, -0.05) is 18.2 Å². The second-order valence-electron chi connectivity index (χ2n) is 7.23. The Labute approximate surface area is 178 Å². The van der Waals surface area contributed by atoms with E-state index in [0.717, 1.165) is 30.3 Å². The lowest BCUT2D eigenvalue weighted by atomic mass is 10.1. The van der Waals surface area contributed by atoms with Gasteiger partial charge < -0.3 is 15.5 Å². The summed E-state index contributed by atoms with van der Waals surface area (Å²) in [5.41, 5.74) is 2.18. The zero-order valence-corrected chi connectivity index (χ0v) is 16.8. The molecule has 3 N–H and O–H groups in total. The van der Waals surface area contributed by atoms with Gasteiger partial charge in [0.25, 0.3) is 11.8 Å². The van der Waals surface area contributed by atoms with Crippen molar-refractivity contribution >= 4 is 29.2 Å². The zero-order valence-electron chi connectivity index (χ0n) is 16.8. The molecule has 1 fully saturated rings. The number of halogens is 1. The Morgan fingerprint density at radius 1 is 0.968 bits per heavy atom. The van der Waals surface area contributed by atoms with Crippen LogP contribution in [0.1, 0.15) is 31.8 Å². The highest BCUT2D eigenvalue weighted by molar-refractivity contribution is 6.12. The van der Waals surface area contributed by atoms with Crippen LogP contribution in [0.3, 0.4) is 0 Å². The number of anilines is 2. The number of nitrogens with one attached hydrogen (secondary N) is 3. The summed E-state index contributed by atoms with van der Waals surface area (Å²) in [5.74, 6) is -0.888. The van der Waals surface area contributed by atoms with E-state index in [-0.39, 0.29) is 11.3 Å². The van der Waals surface area contributed by atoms with Gasteiger partial charge in [0.05, 0.1) is 11.3 Å². The minimum atomic E-state index is -0.599. The van der Waals surface area contributed by atoms with Crippen molar-refractivity contribution in [3.63, 3.8) is 0 Å². The van der Waals surface area contributed by atoms with Crippen LogP contribution in [0.2, 0.25) is 0 Å². The highest BCUT2D eigenvalue weighted by atomic mass is 19.1. The van der Waals surface area contributed by atoms with Gasteiger partial charge in [-0.2, -0.15) is 0 Å². The third kappa shape index (κ3) is 4.75. The third-order valence-electron chi connectivity index (χ3n) is 4.81. The molecule has 8 heteroatoms. The quantitative estimate of drug-likeness (QED) is 0.335. The van der Waals surface area contributed by atoms with E-state index in [4.69, 9.17) is 5.41 Å². The molecule has 1 saturated heterocycles. The van der Waals surface area contributed by atoms with Crippen LogP contribution < -0.4 is 10.6 Å². The average molecular weight is 417 g/mol. The standard InChI is InChI=1S/C23H20FN5O2/c1-14-2-9-20(26-13-14)28-23(31)18-12-17(24)7-8-19(18)27-22(30)16-5-3-15(4-6-16)21(25)29-10-11-29/h2-9,12-13,25H,10-11H2,1H3,(H,27,30)(H,26,28,31). The molecule has 0 bridgehead atoms. The van der Waals surface area contributed by atoms with Gasteiger partial charge in [0.1, 0.15) is 17.5 Å². The van der Waals surface area contributed by atoms with E-state index in [1.54, 1.807) is 42.6 Å².